The number of para-hydroxylation sites is 2. The van der Waals surface area contributed by atoms with Crippen molar-refractivity contribution >= 4 is 17.5 Å². The maximum Gasteiger partial charge on any atom is 0.232 e. The van der Waals surface area contributed by atoms with Crippen LogP contribution in [0.2, 0.25) is 5.02 Å². The summed E-state index contributed by atoms with van der Waals surface area (Å²) in [5.74, 6) is 0.863. The Hall–Kier alpha value is -2.82. The number of hydrogen-bond donors (Lipinski definition) is 1. The summed E-state index contributed by atoms with van der Waals surface area (Å²) in [6.45, 7) is 2.25. The number of fused-ring (bicyclic) bond motifs is 2. The van der Waals surface area contributed by atoms with E-state index in [0.717, 1.165) is 16.7 Å². The summed E-state index contributed by atoms with van der Waals surface area (Å²) < 4.78 is 11.7. The van der Waals surface area contributed by atoms with Gasteiger partial charge < -0.3 is 14.8 Å². The van der Waals surface area contributed by atoms with E-state index in [1.807, 2.05) is 79.7 Å². The minimum atomic E-state index is -0.704. The van der Waals surface area contributed by atoms with Crippen molar-refractivity contribution < 1.29 is 14.3 Å². The number of benzene rings is 3. The maximum absolute atomic E-state index is 13.3. The van der Waals surface area contributed by atoms with E-state index in [2.05, 4.69) is 5.32 Å². The molecule has 4 rings (SSSR count). The highest BCUT2D eigenvalue weighted by Crippen LogP contribution is 2.44. The second-order valence-electron chi connectivity index (χ2n) is 7.27. The Balaban J connectivity index is 1.62. The van der Waals surface area contributed by atoms with Gasteiger partial charge in [-0.1, -0.05) is 60.1 Å². The molecular formula is C24H22ClNO3. The van der Waals surface area contributed by atoms with Crippen LogP contribution in [0, 0.1) is 0 Å². The first-order valence-corrected chi connectivity index (χ1v) is 9.84. The number of carbonyl (C=O) groups excluding carboxylic acids is 1. The SMILES string of the molecule is COC(C)(CNC(=O)C1c2ccccc2Oc2ccccc21)c1cccc(Cl)c1. The van der Waals surface area contributed by atoms with Gasteiger partial charge in [-0.05, 0) is 36.8 Å². The molecule has 1 atom stereocenters. The standard InChI is InChI=1S/C24H22ClNO3/c1-24(28-2,16-8-7-9-17(25)14-16)15-26-23(27)22-18-10-3-5-12-20(18)29-21-13-6-4-11-19(21)22/h3-14,22H,15H2,1-2H3,(H,26,27). The van der Waals surface area contributed by atoms with E-state index in [9.17, 15) is 4.79 Å². The molecule has 1 amide bonds. The summed E-state index contributed by atoms with van der Waals surface area (Å²) in [7, 11) is 1.63. The molecule has 0 radical (unpaired) electrons. The Morgan fingerprint density at radius 1 is 1.03 bits per heavy atom. The predicted molar refractivity (Wildman–Crippen MR) is 114 cm³/mol. The quantitative estimate of drug-likeness (QED) is 0.627. The molecule has 0 spiro atoms. The van der Waals surface area contributed by atoms with Crippen LogP contribution >= 0.6 is 11.6 Å². The number of carbonyl (C=O) groups is 1. The number of hydrogen-bond acceptors (Lipinski definition) is 3. The molecule has 0 saturated carbocycles. The lowest BCUT2D eigenvalue weighted by molar-refractivity contribution is -0.123. The third kappa shape index (κ3) is 3.74. The van der Waals surface area contributed by atoms with Gasteiger partial charge in [-0.2, -0.15) is 0 Å². The van der Waals surface area contributed by atoms with Crippen molar-refractivity contribution in [1.29, 1.82) is 0 Å². The van der Waals surface area contributed by atoms with Crippen molar-refractivity contribution in [2.24, 2.45) is 0 Å². The van der Waals surface area contributed by atoms with Crippen LogP contribution in [0.5, 0.6) is 11.5 Å². The molecular weight excluding hydrogens is 386 g/mol. The smallest absolute Gasteiger partial charge is 0.232 e. The van der Waals surface area contributed by atoms with Crippen LogP contribution in [0.1, 0.15) is 29.5 Å². The monoisotopic (exact) mass is 407 g/mol. The van der Waals surface area contributed by atoms with Crippen LogP contribution in [-0.2, 0) is 15.1 Å². The summed E-state index contributed by atoms with van der Waals surface area (Å²) in [4.78, 5) is 13.3. The van der Waals surface area contributed by atoms with Crippen LogP contribution < -0.4 is 10.1 Å². The second kappa shape index (κ2) is 7.90. The molecule has 1 heterocycles. The molecule has 1 aliphatic rings. The average molecular weight is 408 g/mol. The maximum atomic E-state index is 13.3. The van der Waals surface area contributed by atoms with Gasteiger partial charge in [0.05, 0.1) is 12.5 Å². The summed E-state index contributed by atoms with van der Waals surface area (Å²) in [5, 5.41) is 3.71. The zero-order valence-electron chi connectivity index (χ0n) is 16.3. The highest BCUT2D eigenvalue weighted by molar-refractivity contribution is 6.30. The largest absolute Gasteiger partial charge is 0.457 e. The van der Waals surface area contributed by atoms with Gasteiger partial charge in [0.1, 0.15) is 17.1 Å². The fraction of sp³-hybridized carbons (Fsp3) is 0.208. The first-order chi connectivity index (χ1) is 14.0. The van der Waals surface area contributed by atoms with Crippen molar-refractivity contribution in [2.75, 3.05) is 13.7 Å². The third-order valence-corrected chi connectivity index (χ3v) is 5.66. The minimum absolute atomic E-state index is 0.0986. The minimum Gasteiger partial charge on any atom is -0.457 e. The molecule has 3 aromatic rings. The Kier molecular flexibility index (Phi) is 5.31. The zero-order valence-corrected chi connectivity index (χ0v) is 17.1. The lowest BCUT2D eigenvalue weighted by Crippen LogP contribution is -2.42. The van der Waals surface area contributed by atoms with Gasteiger partial charge in [-0.25, -0.2) is 0 Å². The number of amides is 1. The molecule has 0 fully saturated rings. The van der Waals surface area contributed by atoms with Crippen molar-refractivity contribution in [3.05, 3.63) is 94.5 Å². The van der Waals surface area contributed by atoms with E-state index in [1.54, 1.807) is 7.11 Å². The number of ether oxygens (including phenoxy) is 2. The number of nitrogens with one attached hydrogen (secondary N) is 1. The average Bonchev–Trinajstić information content (AvgIpc) is 2.75. The summed E-state index contributed by atoms with van der Waals surface area (Å²) in [6.07, 6.45) is 0. The van der Waals surface area contributed by atoms with Gasteiger partial charge in [0, 0.05) is 23.3 Å². The first-order valence-electron chi connectivity index (χ1n) is 9.46. The number of halogens is 1. The molecule has 29 heavy (non-hydrogen) atoms. The van der Waals surface area contributed by atoms with Crippen molar-refractivity contribution in [3.63, 3.8) is 0 Å². The van der Waals surface area contributed by atoms with Crippen LogP contribution in [0.4, 0.5) is 0 Å². The fourth-order valence-electron chi connectivity index (χ4n) is 3.66. The first kappa shape index (κ1) is 19.5. The third-order valence-electron chi connectivity index (χ3n) is 5.43. The molecule has 4 nitrogen and oxygen atoms in total. The molecule has 0 saturated heterocycles. The number of rotatable bonds is 5. The van der Waals surface area contributed by atoms with Gasteiger partial charge >= 0.3 is 0 Å². The topological polar surface area (TPSA) is 47.6 Å². The van der Waals surface area contributed by atoms with Gasteiger partial charge in [-0.3, -0.25) is 4.79 Å². The lowest BCUT2D eigenvalue weighted by Gasteiger charge is -2.31. The molecule has 0 bridgehead atoms. The number of methoxy groups -OCH3 is 1. The highest BCUT2D eigenvalue weighted by atomic mass is 35.5. The summed E-state index contributed by atoms with van der Waals surface area (Å²) in [6, 6.07) is 22.8. The normalized spacial score (nSPS) is 14.9. The van der Waals surface area contributed by atoms with Crippen LogP contribution in [-0.4, -0.2) is 19.6 Å². The molecule has 148 valence electrons. The van der Waals surface area contributed by atoms with Crippen molar-refractivity contribution in [1.82, 2.24) is 5.32 Å². The highest BCUT2D eigenvalue weighted by Gasteiger charge is 2.34. The summed E-state index contributed by atoms with van der Waals surface area (Å²) in [5.41, 5.74) is 1.90. The molecule has 1 N–H and O–H groups in total. The van der Waals surface area contributed by atoms with Gasteiger partial charge in [0.25, 0.3) is 0 Å². The molecule has 5 heteroatoms. The second-order valence-corrected chi connectivity index (χ2v) is 7.71. The molecule has 1 unspecified atom stereocenters. The lowest BCUT2D eigenvalue weighted by atomic mass is 9.87. The Morgan fingerprint density at radius 2 is 1.66 bits per heavy atom. The Bertz CT molecular complexity index is 1010. The van der Waals surface area contributed by atoms with Crippen molar-refractivity contribution in [3.8, 4) is 11.5 Å². The van der Waals surface area contributed by atoms with Crippen molar-refractivity contribution in [2.45, 2.75) is 18.4 Å². The van der Waals surface area contributed by atoms with Gasteiger partial charge in [0.2, 0.25) is 5.91 Å². The Morgan fingerprint density at radius 3 is 2.24 bits per heavy atom. The molecule has 0 aliphatic carbocycles. The molecule has 1 aliphatic heterocycles. The van der Waals surface area contributed by atoms with E-state index in [1.165, 1.54) is 0 Å². The van der Waals surface area contributed by atoms with E-state index < -0.39 is 11.5 Å². The van der Waals surface area contributed by atoms with Crippen LogP contribution in [0.15, 0.2) is 72.8 Å². The molecule has 0 aromatic heterocycles. The zero-order chi connectivity index (χ0) is 20.4. The summed E-state index contributed by atoms with van der Waals surface area (Å²) >= 11 is 6.15. The van der Waals surface area contributed by atoms with E-state index in [4.69, 9.17) is 21.1 Å². The van der Waals surface area contributed by atoms with Gasteiger partial charge in [0.15, 0.2) is 0 Å². The van der Waals surface area contributed by atoms with Gasteiger partial charge in [-0.15, -0.1) is 0 Å². The molecule has 3 aromatic carbocycles. The van der Waals surface area contributed by atoms with Crippen LogP contribution in [0.25, 0.3) is 0 Å². The van der Waals surface area contributed by atoms with E-state index in [-0.39, 0.29) is 5.91 Å². The fourth-order valence-corrected chi connectivity index (χ4v) is 3.85. The van der Waals surface area contributed by atoms with E-state index >= 15 is 0 Å². The van der Waals surface area contributed by atoms with Crippen LogP contribution in [0.3, 0.4) is 0 Å². The van der Waals surface area contributed by atoms with E-state index in [0.29, 0.717) is 23.1 Å². The predicted octanol–water partition coefficient (Wildman–Crippen LogP) is 5.26. The Labute approximate surface area is 175 Å².